The van der Waals surface area contributed by atoms with Gasteiger partial charge in [0.25, 0.3) is 0 Å². The number of halogens is 1. The highest BCUT2D eigenvalue weighted by molar-refractivity contribution is 6.30. The van der Waals surface area contributed by atoms with Crippen molar-refractivity contribution >= 4 is 34.1 Å². The standard InChI is InChI=1S/C24H27ClN6O/c1-15-11-16(2)26-23-22(15)24-27-17(3)12-21(31(24)28-23)30-9-7-29(8-10-30)14-18-13-19(25)5-6-20(18)32-4/h5-6,11-13H,7-10,14H2,1-4H3/p+1. The molecule has 1 N–H and O–H groups in total. The molecule has 1 fully saturated rings. The van der Waals surface area contributed by atoms with Crippen molar-refractivity contribution in [1.29, 1.82) is 0 Å². The van der Waals surface area contributed by atoms with Crippen LogP contribution in [0.25, 0.3) is 16.7 Å². The molecule has 1 aromatic carbocycles. The van der Waals surface area contributed by atoms with Crippen LogP contribution >= 0.6 is 11.6 Å². The van der Waals surface area contributed by atoms with Crippen LogP contribution in [-0.2, 0) is 6.54 Å². The SMILES string of the molecule is COc1ccc(Cl)cc1C[NH+]1CCN(c2cc(C)nc3c4c(C)cc(C)nc4nn23)CC1. The van der Waals surface area contributed by atoms with Crippen molar-refractivity contribution in [2.75, 3.05) is 38.2 Å². The van der Waals surface area contributed by atoms with E-state index in [-0.39, 0.29) is 0 Å². The van der Waals surface area contributed by atoms with E-state index >= 15 is 0 Å². The molecule has 4 aromatic rings. The molecule has 0 aliphatic carbocycles. The quantitative estimate of drug-likeness (QED) is 0.517. The lowest BCUT2D eigenvalue weighted by Gasteiger charge is -2.33. The van der Waals surface area contributed by atoms with Gasteiger partial charge in [-0.1, -0.05) is 11.6 Å². The van der Waals surface area contributed by atoms with Crippen LogP contribution in [0, 0.1) is 20.8 Å². The number of aryl methyl sites for hydroxylation is 3. The second-order valence-electron chi connectivity index (χ2n) is 8.64. The summed E-state index contributed by atoms with van der Waals surface area (Å²) in [6.45, 7) is 11.0. The number of methoxy groups -OCH3 is 1. The van der Waals surface area contributed by atoms with Gasteiger partial charge in [-0.25, -0.2) is 9.97 Å². The maximum Gasteiger partial charge on any atom is 0.184 e. The van der Waals surface area contributed by atoms with Gasteiger partial charge in [0.05, 0.1) is 38.7 Å². The van der Waals surface area contributed by atoms with Crippen LogP contribution in [0.3, 0.4) is 0 Å². The van der Waals surface area contributed by atoms with Crippen molar-refractivity contribution in [3.05, 3.63) is 57.9 Å². The summed E-state index contributed by atoms with van der Waals surface area (Å²) in [4.78, 5) is 13.4. The number of piperazine rings is 1. The normalized spacial score (nSPS) is 15.1. The topological polar surface area (TPSA) is 60.0 Å². The molecular formula is C24H28ClN6O+. The van der Waals surface area contributed by atoms with Gasteiger partial charge in [0, 0.05) is 28.0 Å². The lowest BCUT2D eigenvalue weighted by atomic mass is 10.1. The van der Waals surface area contributed by atoms with Crippen molar-refractivity contribution in [3.63, 3.8) is 0 Å². The van der Waals surface area contributed by atoms with Gasteiger partial charge < -0.3 is 14.5 Å². The van der Waals surface area contributed by atoms with Crippen molar-refractivity contribution < 1.29 is 9.64 Å². The van der Waals surface area contributed by atoms with Gasteiger partial charge in [-0.2, -0.15) is 4.52 Å². The van der Waals surface area contributed by atoms with E-state index in [2.05, 4.69) is 28.9 Å². The Balaban J connectivity index is 1.42. The number of ether oxygens (including phenoxy) is 1. The fraction of sp³-hybridized carbons (Fsp3) is 0.375. The number of hydrogen-bond donors (Lipinski definition) is 1. The van der Waals surface area contributed by atoms with Gasteiger partial charge in [-0.3, -0.25) is 0 Å². The lowest BCUT2D eigenvalue weighted by Crippen LogP contribution is -3.13. The molecule has 7 nitrogen and oxygen atoms in total. The summed E-state index contributed by atoms with van der Waals surface area (Å²) in [5.74, 6) is 1.99. The summed E-state index contributed by atoms with van der Waals surface area (Å²) in [5.41, 5.74) is 5.94. The number of benzene rings is 1. The van der Waals surface area contributed by atoms with Gasteiger partial charge in [-0.05, 0) is 50.6 Å². The van der Waals surface area contributed by atoms with E-state index in [1.165, 1.54) is 4.90 Å². The summed E-state index contributed by atoms with van der Waals surface area (Å²) in [6.07, 6.45) is 0. The molecule has 32 heavy (non-hydrogen) atoms. The predicted molar refractivity (Wildman–Crippen MR) is 127 cm³/mol. The van der Waals surface area contributed by atoms with Crippen LogP contribution in [0.15, 0.2) is 30.3 Å². The number of rotatable bonds is 4. The minimum atomic E-state index is 0.748. The van der Waals surface area contributed by atoms with Crippen molar-refractivity contribution in [3.8, 4) is 5.75 Å². The smallest absolute Gasteiger partial charge is 0.184 e. The predicted octanol–water partition coefficient (Wildman–Crippen LogP) is 2.77. The number of aromatic nitrogens is 4. The minimum Gasteiger partial charge on any atom is -0.496 e. The van der Waals surface area contributed by atoms with Gasteiger partial charge in [0.2, 0.25) is 0 Å². The van der Waals surface area contributed by atoms with Gasteiger partial charge in [-0.15, -0.1) is 5.10 Å². The van der Waals surface area contributed by atoms with E-state index in [0.717, 1.165) is 88.5 Å². The number of anilines is 1. The molecule has 0 saturated carbocycles. The van der Waals surface area contributed by atoms with Gasteiger partial charge in [0.15, 0.2) is 11.3 Å². The second-order valence-corrected chi connectivity index (χ2v) is 9.08. The zero-order chi connectivity index (χ0) is 22.4. The molecule has 1 aliphatic heterocycles. The Morgan fingerprint density at radius 2 is 1.78 bits per heavy atom. The van der Waals surface area contributed by atoms with Crippen LogP contribution < -0.4 is 14.5 Å². The van der Waals surface area contributed by atoms with Crippen LogP contribution in [0.4, 0.5) is 5.82 Å². The average Bonchev–Trinajstić information content (AvgIpc) is 3.12. The molecule has 1 saturated heterocycles. The number of hydrogen-bond acceptors (Lipinski definition) is 5. The molecule has 1 aliphatic rings. The van der Waals surface area contributed by atoms with Crippen LogP contribution in [0.2, 0.25) is 5.02 Å². The maximum absolute atomic E-state index is 6.23. The summed E-state index contributed by atoms with van der Waals surface area (Å²) in [7, 11) is 1.71. The number of nitrogens with zero attached hydrogens (tertiary/aromatic N) is 5. The molecule has 0 spiro atoms. The molecule has 0 atom stereocenters. The lowest BCUT2D eigenvalue weighted by molar-refractivity contribution is -0.914. The number of pyridine rings is 1. The van der Waals surface area contributed by atoms with E-state index in [9.17, 15) is 0 Å². The Morgan fingerprint density at radius 1 is 1.03 bits per heavy atom. The first-order chi connectivity index (χ1) is 15.4. The molecule has 8 heteroatoms. The molecule has 3 aromatic heterocycles. The summed E-state index contributed by atoms with van der Waals surface area (Å²) in [6, 6.07) is 10.1. The third-order valence-corrected chi connectivity index (χ3v) is 6.49. The highest BCUT2D eigenvalue weighted by Crippen LogP contribution is 2.26. The van der Waals surface area contributed by atoms with E-state index in [1.54, 1.807) is 7.11 Å². The summed E-state index contributed by atoms with van der Waals surface area (Å²) >= 11 is 6.23. The summed E-state index contributed by atoms with van der Waals surface area (Å²) in [5, 5.41) is 6.62. The first-order valence-electron chi connectivity index (χ1n) is 11.0. The Bertz CT molecular complexity index is 1310. The second kappa shape index (κ2) is 8.22. The number of nitrogens with one attached hydrogen (secondary N) is 1. The molecule has 4 heterocycles. The highest BCUT2D eigenvalue weighted by Gasteiger charge is 2.25. The van der Waals surface area contributed by atoms with Gasteiger partial charge in [0.1, 0.15) is 18.1 Å². The molecule has 0 bridgehead atoms. The van der Waals surface area contributed by atoms with Crippen molar-refractivity contribution in [2.24, 2.45) is 0 Å². The van der Waals surface area contributed by atoms with E-state index < -0.39 is 0 Å². The molecule has 0 amide bonds. The molecule has 166 valence electrons. The molecular weight excluding hydrogens is 424 g/mol. The Hall–Kier alpha value is -2.90. The van der Waals surface area contributed by atoms with Crippen LogP contribution in [0.5, 0.6) is 5.75 Å². The van der Waals surface area contributed by atoms with Crippen molar-refractivity contribution in [1.82, 2.24) is 19.6 Å². The van der Waals surface area contributed by atoms with E-state index in [0.29, 0.717) is 0 Å². The zero-order valence-electron chi connectivity index (χ0n) is 18.9. The van der Waals surface area contributed by atoms with Gasteiger partial charge >= 0.3 is 0 Å². The van der Waals surface area contributed by atoms with Crippen molar-refractivity contribution in [2.45, 2.75) is 27.3 Å². The monoisotopic (exact) mass is 451 g/mol. The maximum atomic E-state index is 6.23. The summed E-state index contributed by atoms with van der Waals surface area (Å²) < 4.78 is 7.51. The molecule has 0 unspecified atom stereocenters. The van der Waals surface area contributed by atoms with Crippen LogP contribution in [-0.4, -0.2) is 52.9 Å². The number of fused-ring (bicyclic) bond motifs is 3. The first-order valence-corrected chi connectivity index (χ1v) is 11.4. The minimum absolute atomic E-state index is 0.748. The Morgan fingerprint density at radius 3 is 2.53 bits per heavy atom. The fourth-order valence-corrected chi connectivity index (χ4v) is 4.93. The Kier molecular flexibility index (Phi) is 5.39. The number of quaternary nitrogens is 1. The first kappa shape index (κ1) is 21.0. The van der Waals surface area contributed by atoms with E-state index in [4.69, 9.17) is 26.4 Å². The highest BCUT2D eigenvalue weighted by atomic mass is 35.5. The largest absolute Gasteiger partial charge is 0.496 e. The van der Waals surface area contributed by atoms with E-state index in [1.807, 2.05) is 36.6 Å². The molecule has 5 rings (SSSR count). The Labute approximate surface area is 192 Å². The third-order valence-electron chi connectivity index (χ3n) is 6.26. The molecule has 0 radical (unpaired) electrons. The average molecular weight is 452 g/mol. The zero-order valence-corrected chi connectivity index (χ0v) is 19.7. The van der Waals surface area contributed by atoms with Crippen LogP contribution in [0.1, 0.15) is 22.5 Å². The fourth-order valence-electron chi connectivity index (χ4n) is 4.73. The third kappa shape index (κ3) is 3.76.